The predicted octanol–water partition coefficient (Wildman–Crippen LogP) is -0.724. The molecule has 2 N–H and O–H groups in total. The lowest BCUT2D eigenvalue weighted by atomic mass is 10.4. The molecule has 1 unspecified atom stereocenters. The second-order valence-electron chi connectivity index (χ2n) is 3.71. The Hall–Kier alpha value is -1.44. The number of H-pyrrole nitrogens is 1. The average Bonchev–Trinajstić information content (AvgIpc) is 2.47. The van der Waals surface area contributed by atoms with Crippen LogP contribution in [0.15, 0.2) is 0 Å². The molecule has 0 spiro atoms. The first-order valence-corrected chi connectivity index (χ1v) is 6.71. The highest BCUT2D eigenvalue weighted by atomic mass is 32.2. The van der Waals surface area contributed by atoms with Crippen molar-refractivity contribution in [2.45, 2.75) is 19.9 Å². The Morgan fingerprint density at radius 2 is 2.19 bits per heavy atom. The van der Waals surface area contributed by atoms with Gasteiger partial charge >= 0.3 is 0 Å². The summed E-state index contributed by atoms with van der Waals surface area (Å²) in [5.41, 5.74) is 0. The number of hydrogen-bond acceptors (Lipinski definition) is 5. The van der Waals surface area contributed by atoms with Crippen LogP contribution in [-0.4, -0.2) is 47.6 Å². The molecule has 0 radical (unpaired) electrons. The summed E-state index contributed by atoms with van der Waals surface area (Å²) < 4.78 is 22.0. The molecular weight excluding hydrogens is 232 g/mol. The second-order valence-corrected chi connectivity index (χ2v) is 5.90. The van der Waals surface area contributed by atoms with Crippen molar-refractivity contribution in [1.82, 2.24) is 20.5 Å². The van der Waals surface area contributed by atoms with Crippen molar-refractivity contribution in [2.75, 3.05) is 12.0 Å². The average molecular weight is 246 g/mol. The number of aryl methyl sites for hydroxylation is 1. The maximum Gasteiger partial charge on any atom is 0.291 e. The van der Waals surface area contributed by atoms with Crippen LogP contribution in [0.2, 0.25) is 0 Å². The number of carbonyl (C=O) groups is 1. The summed E-state index contributed by atoms with van der Waals surface area (Å²) in [6.45, 7) is 3.28. The number of carbonyl (C=O) groups excluding carboxylic acids is 1. The van der Waals surface area contributed by atoms with Crippen molar-refractivity contribution >= 4 is 15.7 Å². The first-order chi connectivity index (χ1) is 7.28. The number of hydrogen-bond donors (Lipinski definition) is 2. The molecule has 0 aliphatic heterocycles. The van der Waals surface area contributed by atoms with Crippen LogP contribution in [-0.2, 0) is 9.84 Å². The third kappa shape index (κ3) is 3.97. The van der Waals surface area contributed by atoms with Gasteiger partial charge in [0, 0.05) is 12.3 Å². The van der Waals surface area contributed by atoms with Gasteiger partial charge < -0.3 is 5.32 Å². The number of nitrogens with zero attached hydrogens (tertiary/aromatic N) is 2. The number of sulfone groups is 1. The maximum atomic E-state index is 11.5. The molecule has 7 nitrogen and oxygen atoms in total. The topological polar surface area (TPSA) is 105 Å². The van der Waals surface area contributed by atoms with E-state index in [2.05, 4.69) is 20.5 Å². The second kappa shape index (κ2) is 4.60. The summed E-state index contributed by atoms with van der Waals surface area (Å²) in [7, 11) is -3.11. The molecule has 0 aromatic carbocycles. The van der Waals surface area contributed by atoms with E-state index in [-0.39, 0.29) is 11.6 Å². The van der Waals surface area contributed by atoms with Gasteiger partial charge in [-0.25, -0.2) is 13.4 Å². The number of amides is 1. The molecule has 0 bridgehead atoms. The molecular formula is C8H14N4O3S. The third-order valence-electron chi connectivity index (χ3n) is 1.73. The molecule has 1 rings (SSSR count). The van der Waals surface area contributed by atoms with Gasteiger partial charge in [0.15, 0.2) is 0 Å². The normalized spacial score (nSPS) is 13.4. The number of aromatic nitrogens is 3. The van der Waals surface area contributed by atoms with E-state index in [4.69, 9.17) is 0 Å². The third-order valence-corrected chi connectivity index (χ3v) is 2.84. The Bertz CT molecular complexity index is 479. The molecule has 1 aromatic heterocycles. The minimum atomic E-state index is -3.11. The Kier molecular flexibility index (Phi) is 3.63. The molecule has 0 aliphatic rings. The largest absolute Gasteiger partial charge is 0.346 e. The van der Waals surface area contributed by atoms with Gasteiger partial charge in [-0.15, -0.1) is 5.10 Å². The smallest absolute Gasteiger partial charge is 0.291 e. The summed E-state index contributed by atoms with van der Waals surface area (Å²) in [6, 6.07) is -0.471. The minimum Gasteiger partial charge on any atom is -0.346 e. The summed E-state index contributed by atoms with van der Waals surface area (Å²) >= 11 is 0. The quantitative estimate of drug-likeness (QED) is 0.729. The SMILES string of the molecule is Cc1nc(C(=O)NC(C)CS(C)(=O)=O)n[nH]1. The van der Waals surface area contributed by atoms with Crippen LogP contribution < -0.4 is 5.32 Å². The van der Waals surface area contributed by atoms with Gasteiger partial charge in [0.1, 0.15) is 15.7 Å². The predicted molar refractivity (Wildman–Crippen MR) is 57.8 cm³/mol. The Labute approximate surface area is 93.6 Å². The van der Waals surface area contributed by atoms with Gasteiger partial charge in [-0.3, -0.25) is 9.89 Å². The lowest BCUT2D eigenvalue weighted by molar-refractivity contribution is 0.0933. The van der Waals surface area contributed by atoms with Gasteiger partial charge in [-0.05, 0) is 13.8 Å². The molecule has 16 heavy (non-hydrogen) atoms. The summed E-state index contributed by atoms with van der Waals surface area (Å²) in [6.07, 6.45) is 1.12. The van der Waals surface area contributed by atoms with Gasteiger partial charge in [0.05, 0.1) is 5.75 Å². The van der Waals surface area contributed by atoms with Crippen LogP contribution in [0.3, 0.4) is 0 Å². The zero-order chi connectivity index (χ0) is 12.3. The standard InChI is InChI=1S/C8H14N4O3S/c1-5(4-16(3,14)15)9-8(13)7-10-6(2)11-12-7/h5H,4H2,1-3H3,(H,9,13)(H,10,11,12). The van der Waals surface area contributed by atoms with E-state index in [9.17, 15) is 13.2 Å². The number of aromatic amines is 1. The van der Waals surface area contributed by atoms with Crippen molar-refractivity contribution in [3.8, 4) is 0 Å². The summed E-state index contributed by atoms with van der Waals surface area (Å²) in [5, 5.41) is 8.70. The van der Waals surface area contributed by atoms with Gasteiger partial charge in [-0.1, -0.05) is 0 Å². The lowest BCUT2D eigenvalue weighted by Crippen LogP contribution is -2.37. The molecule has 0 fully saturated rings. The Morgan fingerprint density at radius 3 is 2.62 bits per heavy atom. The summed E-state index contributed by atoms with van der Waals surface area (Å²) in [4.78, 5) is 15.3. The van der Waals surface area contributed by atoms with Gasteiger partial charge in [-0.2, -0.15) is 0 Å². The zero-order valence-electron chi connectivity index (χ0n) is 9.31. The van der Waals surface area contributed by atoms with Crippen LogP contribution in [0.25, 0.3) is 0 Å². The van der Waals surface area contributed by atoms with Gasteiger partial charge in [0.25, 0.3) is 5.91 Å². The molecule has 0 aliphatic carbocycles. The molecule has 8 heteroatoms. The Balaban J connectivity index is 2.58. The van der Waals surface area contributed by atoms with Crippen molar-refractivity contribution < 1.29 is 13.2 Å². The highest BCUT2D eigenvalue weighted by Crippen LogP contribution is 1.94. The van der Waals surface area contributed by atoms with Gasteiger partial charge in [0.2, 0.25) is 5.82 Å². The van der Waals surface area contributed by atoms with Crippen molar-refractivity contribution in [3.05, 3.63) is 11.6 Å². The highest BCUT2D eigenvalue weighted by molar-refractivity contribution is 7.90. The number of nitrogens with one attached hydrogen (secondary N) is 2. The van der Waals surface area contributed by atoms with E-state index >= 15 is 0 Å². The lowest BCUT2D eigenvalue weighted by Gasteiger charge is -2.10. The summed E-state index contributed by atoms with van der Waals surface area (Å²) in [5.74, 6) is -0.0541. The van der Waals surface area contributed by atoms with E-state index in [1.807, 2.05) is 0 Å². The van der Waals surface area contributed by atoms with E-state index in [1.165, 1.54) is 0 Å². The number of rotatable bonds is 4. The fourth-order valence-corrected chi connectivity index (χ4v) is 2.22. The fourth-order valence-electron chi connectivity index (χ4n) is 1.23. The van der Waals surface area contributed by atoms with Crippen molar-refractivity contribution in [2.24, 2.45) is 0 Å². The van der Waals surface area contributed by atoms with Crippen LogP contribution in [0.5, 0.6) is 0 Å². The minimum absolute atomic E-state index is 0.0119. The molecule has 1 aromatic rings. The first kappa shape index (κ1) is 12.6. The van der Waals surface area contributed by atoms with Crippen molar-refractivity contribution in [3.63, 3.8) is 0 Å². The molecule has 1 amide bonds. The van der Waals surface area contributed by atoms with Crippen LogP contribution >= 0.6 is 0 Å². The van der Waals surface area contributed by atoms with E-state index in [1.54, 1.807) is 13.8 Å². The monoisotopic (exact) mass is 246 g/mol. The zero-order valence-corrected chi connectivity index (χ0v) is 10.1. The van der Waals surface area contributed by atoms with Crippen LogP contribution in [0, 0.1) is 6.92 Å². The Morgan fingerprint density at radius 1 is 1.56 bits per heavy atom. The molecule has 0 saturated carbocycles. The molecule has 1 atom stereocenters. The molecule has 0 saturated heterocycles. The molecule has 90 valence electrons. The fraction of sp³-hybridized carbons (Fsp3) is 0.625. The van der Waals surface area contributed by atoms with Crippen LogP contribution in [0.1, 0.15) is 23.4 Å². The maximum absolute atomic E-state index is 11.5. The van der Waals surface area contributed by atoms with E-state index in [0.717, 1.165) is 6.26 Å². The molecule has 1 heterocycles. The van der Waals surface area contributed by atoms with E-state index < -0.39 is 21.8 Å². The van der Waals surface area contributed by atoms with Crippen molar-refractivity contribution in [1.29, 1.82) is 0 Å². The first-order valence-electron chi connectivity index (χ1n) is 4.65. The van der Waals surface area contributed by atoms with E-state index in [0.29, 0.717) is 5.82 Å². The van der Waals surface area contributed by atoms with Crippen LogP contribution in [0.4, 0.5) is 0 Å². The highest BCUT2D eigenvalue weighted by Gasteiger charge is 2.16.